The summed E-state index contributed by atoms with van der Waals surface area (Å²) < 4.78 is 40.0. The van der Waals surface area contributed by atoms with Crippen LogP contribution in [0, 0.1) is 11.6 Å². The van der Waals surface area contributed by atoms with Crippen molar-refractivity contribution in [3.63, 3.8) is 0 Å². The minimum absolute atomic E-state index is 0.185. The highest BCUT2D eigenvalue weighted by Crippen LogP contribution is 2.33. The number of para-hydroxylation sites is 1. The van der Waals surface area contributed by atoms with Gasteiger partial charge < -0.3 is 19.5 Å². The smallest absolute Gasteiger partial charge is 0.275 e. The summed E-state index contributed by atoms with van der Waals surface area (Å²) in [7, 11) is 2.92. The van der Waals surface area contributed by atoms with Gasteiger partial charge in [0.2, 0.25) is 5.88 Å². The van der Waals surface area contributed by atoms with Gasteiger partial charge >= 0.3 is 0 Å². The molecule has 208 valence electrons. The van der Waals surface area contributed by atoms with Crippen LogP contribution in [0.1, 0.15) is 41.5 Å². The third kappa shape index (κ3) is 5.73. The van der Waals surface area contributed by atoms with Crippen LogP contribution < -0.4 is 15.0 Å². The zero-order valence-electron chi connectivity index (χ0n) is 22.2. The van der Waals surface area contributed by atoms with Crippen molar-refractivity contribution < 1.29 is 28.2 Å². The van der Waals surface area contributed by atoms with E-state index in [0.717, 1.165) is 12.5 Å². The van der Waals surface area contributed by atoms with Crippen LogP contribution in [0.5, 0.6) is 17.4 Å². The maximum Gasteiger partial charge on any atom is 0.275 e. The molecule has 3 aromatic rings. The monoisotopic (exact) mass is 542 g/mol. The number of rotatable bonds is 9. The van der Waals surface area contributed by atoms with Crippen molar-refractivity contribution in [2.45, 2.75) is 32.7 Å². The van der Waals surface area contributed by atoms with E-state index in [1.54, 1.807) is 18.2 Å². The van der Waals surface area contributed by atoms with Crippen molar-refractivity contribution in [3.8, 4) is 23.1 Å². The van der Waals surface area contributed by atoms with Crippen molar-refractivity contribution in [3.05, 3.63) is 75.3 Å². The number of aryl methyl sites for hydroxylation is 1. The first kappa shape index (κ1) is 28.0. The second-order valence-electron chi connectivity index (χ2n) is 9.26. The van der Waals surface area contributed by atoms with Crippen molar-refractivity contribution in [1.82, 2.24) is 19.4 Å². The minimum atomic E-state index is -0.908. The summed E-state index contributed by atoms with van der Waals surface area (Å²) in [5, 5.41) is 10.8. The average molecular weight is 543 g/mol. The number of nitrogens with zero attached hydrogens (tertiary/aromatic N) is 4. The number of aromatic nitrogens is 2. The highest BCUT2D eigenvalue weighted by molar-refractivity contribution is 5.96. The molecule has 1 aliphatic heterocycles. The number of carbonyl (C=O) groups excluding carboxylic acids is 1. The Bertz CT molecular complexity index is 1380. The van der Waals surface area contributed by atoms with Gasteiger partial charge in [-0.25, -0.2) is 8.78 Å². The zero-order chi connectivity index (χ0) is 28.1. The SMILES string of the molecule is CCCCc1nc(O)c(C(=O)N2CCN(Cc3cccc(F)c3F)CC2)c(=O)n1-c1c(OC)cccc1OC. The van der Waals surface area contributed by atoms with E-state index in [4.69, 9.17) is 9.47 Å². The van der Waals surface area contributed by atoms with E-state index in [9.17, 15) is 23.5 Å². The van der Waals surface area contributed by atoms with Gasteiger partial charge in [0.1, 0.15) is 23.0 Å². The van der Waals surface area contributed by atoms with E-state index in [-0.39, 0.29) is 31.0 Å². The number of piperazine rings is 1. The molecular formula is C28H32F2N4O5. The predicted molar refractivity (Wildman–Crippen MR) is 141 cm³/mol. The van der Waals surface area contributed by atoms with E-state index in [2.05, 4.69) is 4.98 Å². The van der Waals surface area contributed by atoms with Crippen molar-refractivity contribution in [2.75, 3.05) is 40.4 Å². The number of benzene rings is 2. The predicted octanol–water partition coefficient (Wildman–Crippen LogP) is 3.53. The molecule has 0 unspecified atom stereocenters. The summed E-state index contributed by atoms with van der Waals surface area (Å²) in [6, 6.07) is 9.10. The first-order valence-corrected chi connectivity index (χ1v) is 12.8. The number of methoxy groups -OCH3 is 2. The Balaban J connectivity index is 1.66. The zero-order valence-corrected chi connectivity index (χ0v) is 22.2. The number of hydrogen-bond acceptors (Lipinski definition) is 7. The summed E-state index contributed by atoms with van der Waals surface area (Å²) >= 11 is 0. The third-order valence-corrected chi connectivity index (χ3v) is 6.81. The van der Waals surface area contributed by atoms with Crippen molar-refractivity contribution >= 4 is 5.91 Å². The molecule has 0 aliphatic carbocycles. The molecule has 1 amide bonds. The van der Waals surface area contributed by atoms with Crippen LogP contribution in [0.3, 0.4) is 0 Å². The highest BCUT2D eigenvalue weighted by atomic mass is 19.2. The molecule has 1 aromatic heterocycles. The molecule has 9 nitrogen and oxygen atoms in total. The molecule has 0 atom stereocenters. The van der Waals surface area contributed by atoms with Crippen LogP contribution in [-0.2, 0) is 13.0 Å². The lowest BCUT2D eigenvalue weighted by molar-refractivity contribution is 0.0620. The van der Waals surface area contributed by atoms with E-state index in [1.165, 1.54) is 35.8 Å². The van der Waals surface area contributed by atoms with E-state index in [1.807, 2.05) is 11.8 Å². The molecular weight excluding hydrogens is 510 g/mol. The van der Waals surface area contributed by atoms with Gasteiger partial charge in [0.25, 0.3) is 11.5 Å². The van der Waals surface area contributed by atoms with Crippen molar-refractivity contribution in [1.29, 1.82) is 0 Å². The van der Waals surface area contributed by atoms with Crippen LogP contribution in [0.15, 0.2) is 41.2 Å². The molecule has 0 spiro atoms. The lowest BCUT2D eigenvalue weighted by Gasteiger charge is -2.34. The van der Waals surface area contributed by atoms with Gasteiger partial charge in [-0.3, -0.25) is 19.1 Å². The molecule has 1 N–H and O–H groups in total. The molecule has 2 heterocycles. The molecule has 0 saturated carbocycles. The fourth-order valence-electron chi connectivity index (χ4n) is 4.70. The summed E-state index contributed by atoms with van der Waals surface area (Å²) in [6.07, 6.45) is 1.90. The van der Waals surface area contributed by atoms with Gasteiger partial charge in [-0.15, -0.1) is 0 Å². The number of ether oxygens (including phenoxy) is 2. The number of halogens is 2. The summed E-state index contributed by atoms with van der Waals surface area (Å²) in [5.74, 6) is -2.12. The lowest BCUT2D eigenvalue weighted by Crippen LogP contribution is -2.49. The number of amides is 1. The Kier molecular flexibility index (Phi) is 8.80. The van der Waals surface area contributed by atoms with Crippen LogP contribution in [0.25, 0.3) is 5.69 Å². The van der Waals surface area contributed by atoms with Gasteiger partial charge in [-0.1, -0.05) is 31.5 Å². The van der Waals surface area contributed by atoms with Crippen LogP contribution in [-0.4, -0.2) is 70.8 Å². The van der Waals surface area contributed by atoms with E-state index >= 15 is 0 Å². The molecule has 0 radical (unpaired) electrons. The first-order chi connectivity index (χ1) is 18.8. The van der Waals surface area contributed by atoms with Crippen LogP contribution in [0.2, 0.25) is 0 Å². The maximum atomic E-state index is 14.1. The molecule has 1 saturated heterocycles. The molecule has 1 aliphatic rings. The summed E-state index contributed by atoms with van der Waals surface area (Å²) in [6.45, 7) is 3.38. The van der Waals surface area contributed by atoms with Crippen molar-refractivity contribution in [2.24, 2.45) is 0 Å². The Morgan fingerprint density at radius 3 is 2.28 bits per heavy atom. The number of aromatic hydroxyl groups is 1. The number of unbranched alkanes of at least 4 members (excludes halogenated alkanes) is 1. The van der Waals surface area contributed by atoms with Gasteiger partial charge in [-0.05, 0) is 24.6 Å². The van der Waals surface area contributed by atoms with E-state index < -0.39 is 34.5 Å². The average Bonchev–Trinajstić information content (AvgIpc) is 2.94. The fourth-order valence-corrected chi connectivity index (χ4v) is 4.70. The number of carbonyl (C=O) groups is 1. The van der Waals surface area contributed by atoms with Gasteiger partial charge in [0.15, 0.2) is 17.2 Å². The molecule has 1 fully saturated rings. The quantitative estimate of drug-likeness (QED) is 0.442. The third-order valence-electron chi connectivity index (χ3n) is 6.81. The van der Waals surface area contributed by atoms with E-state index in [0.29, 0.717) is 43.1 Å². The Hall–Kier alpha value is -3.99. The maximum absolute atomic E-state index is 14.1. The second-order valence-corrected chi connectivity index (χ2v) is 9.26. The van der Waals surface area contributed by atoms with Gasteiger partial charge in [0.05, 0.1) is 14.2 Å². The molecule has 11 heteroatoms. The van der Waals surface area contributed by atoms with Crippen LogP contribution >= 0.6 is 0 Å². The molecule has 4 rings (SSSR count). The first-order valence-electron chi connectivity index (χ1n) is 12.8. The molecule has 0 bridgehead atoms. The fraction of sp³-hybridized carbons (Fsp3) is 0.393. The van der Waals surface area contributed by atoms with Crippen LogP contribution in [0.4, 0.5) is 8.78 Å². The lowest BCUT2D eigenvalue weighted by atomic mass is 10.1. The van der Waals surface area contributed by atoms with Gasteiger partial charge in [0, 0.05) is 44.7 Å². The Morgan fingerprint density at radius 2 is 1.67 bits per heavy atom. The number of hydrogen-bond donors (Lipinski definition) is 1. The summed E-state index contributed by atoms with van der Waals surface area (Å²) in [4.78, 5) is 35.1. The standard InChI is InChI=1S/C28H32F2N4O5/c1-4-5-12-22-31-26(35)23(28(37)34(22)25-20(38-2)10-7-11-21(25)39-3)27(36)33-15-13-32(14-16-33)17-18-8-6-9-19(29)24(18)30/h6-11,35H,4-5,12-17H2,1-3H3. The molecule has 39 heavy (non-hydrogen) atoms. The normalized spacial score (nSPS) is 13.9. The Morgan fingerprint density at radius 1 is 1.03 bits per heavy atom. The largest absolute Gasteiger partial charge is 0.494 e. The minimum Gasteiger partial charge on any atom is -0.494 e. The highest BCUT2D eigenvalue weighted by Gasteiger charge is 2.31. The molecule has 2 aromatic carbocycles. The summed E-state index contributed by atoms with van der Waals surface area (Å²) in [5.41, 5.74) is -0.659. The Labute approximate surface area is 225 Å². The topological polar surface area (TPSA) is 97.1 Å². The van der Waals surface area contributed by atoms with Gasteiger partial charge in [-0.2, -0.15) is 4.98 Å². The second kappa shape index (κ2) is 12.2.